The molecule has 1 fully saturated rings. The average Bonchev–Trinajstić information content (AvgIpc) is 2.81. The summed E-state index contributed by atoms with van der Waals surface area (Å²) in [5.74, 6) is 0. The van der Waals surface area contributed by atoms with Gasteiger partial charge in [-0.2, -0.15) is 12.6 Å². The number of thiol groups is 1. The third-order valence-corrected chi connectivity index (χ3v) is 5.20. The Morgan fingerprint density at radius 1 is 0.933 bits per heavy atom. The first-order chi connectivity index (χ1) is 7.14. The molecule has 0 heterocycles. The predicted molar refractivity (Wildman–Crippen MR) is 72.7 cm³/mol. The minimum absolute atomic E-state index is 0.408. The zero-order valence-corrected chi connectivity index (χ0v) is 11.7. The molecule has 0 saturated heterocycles. The molecule has 0 aromatic rings. The van der Waals surface area contributed by atoms with E-state index in [9.17, 15) is 0 Å². The molecule has 0 amide bonds. The Hall–Kier alpha value is 0.350. The number of hydrogen-bond donors (Lipinski definition) is 1. The lowest BCUT2D eigenvalue weighted by Gasteiger charge is -2.20. The van der Waals surface area contributed by atoms with Crippen LogP contribution in [-0.4, -0.2) is 4.75 Å². The SMILES string of the molecule is CCCCCCC1(S)CC1(CC)CCC. The van der Waals surface area contributed by atoms with Crippen LogP contribution in [0.15, 0.2) is 0 Å². The van der Waals surface area contributed by atoms with Crippen molar-refractivity contribution in [2.75, 3.05) is 0 Å². The molecule has 1 saturated carbocycles. The van der Waals surface area contributed by atoms with Crippen molar-refractivity contribution < 1.29 is 0 Å². The van der Waals surface area contributed by atoms with Crippen LogP contribution in [0.3, 0.4) is 0 Å². The fourth-order valence-corrected chi connectivity index (χ4v) is 3.87. The van der Waals surface area contributed by atoms with Crippen LogP contribution in [-0.2, 0) is 0 Å². The molecule has 0 aliphatic heterocycles. The average molecular weight is 228 g/mol. The molecule has 1 aliphatic rings. The molecule has 0 nitrogen and oxygen atoms in total. The van der Waals surface area contributed by atoms with Gasteiger partial charge in [-0.1, -0.05) is 52.9 Å². The van der Waals surface area contributed by atoms with E-state index in [1.54, 1.807) is 0 Å². The van der Waals surface area contributed by atoms with Gasteiger partial charge < -0.3 is 0 Å². The second kappa shape index (κ2) is 5.61. The lowest BCUT2D eigenvalue weighted by atomic mass is 9.92. The summed E-state index contributed by atoms with van der Waals surface area (Å²) in [5, 5.41) is 0. The summed E-state index contributed by atoms with van der Waals surface area (Å²) in [4.78, 5) is 0. The van der Waals surface area contributed by atoms with Gasteiger partial charge in [-0.3, -0.25) is 0 Å². The first-order valence-electron chi connectivity index (χ1n) is 6.86. The van der Waals surface area contributed by atoms with Crippen LogP contribution >= 0.6 is 12.6 Å². The standard InChI is InChI=1S/C14H28S/c1-4-7-8-9-11-14(15)12-13(14,6-3)10-5-2/h15H,4-12H2,1-3H3. The maximum Gasteiger partial charge on any atom is 0.0192 e. The molecule has 15 heavy (non-hydrogen) atoms. The van der Waals surface area contributed by atoms with Crippen molar-refractivity contribution in [1.29, 1.82) is 0 Å². The Morgan fingerprint density at radius 3 is 2.20 bits per heavy atom. The Balaban J connectivity index is 2.29. The third kappa shape index (κ3) is 2.93. The first-order valence-corrected chi connectivity index (χ1v) is 7.31. The van der Waals surface area contributed by atoms with E-state index >= 15 is 0 Å². The van der Waals surface area contributed by atoms with Gasteiger partial charge in [0.1, 0.15) is 0 Å². The van der Waals surface area contributed by atoms with Gasteiger partial charge >= 0.3 is 0 Å². The van der Waals surface area contributed by atoms with E-state index in [0.717, 1.165) is 0 Å². The summed E-state index contributed by atoms with van der Waals surface area (Å²) in [5.41, 5.74) is 0.608. The Bertz CT molecular complexity index is 190. The topological polar surface area (TPSA) is 0 Å². The maximum atomic E-state index is 4.96. The van der Waals surface area contributed by atoms with Crippen molar-refractivity contribution in [3.05, 3.63) is 0 Å². The summed E-state index contributed by atoms with van der Waals surface area (Å²) in [7, 11) is 0. The molecule has 90 valence electrons. The summed E-state index contributed by atoms with van der Waals surface area (Å²) < 4.78 is 0.408. The molecule has 0 aromatic carbocycles. The van der Waals surface area contributed by atoms with Crippen LogP contribution in [0, 0.1) is 5.41 Å². The minimum atomic E-state index is 0.408. The Morgan fingerprint density at radius 2 is 1.67 bits per heavy atom. The summed E-state index contributed by atoms with van der Waals surface area (Å²) in [6.07, 6.45) is 12.3. The van der Waals surface area contributed by atoms with Crippen LogP contribution < -0.4 is 0 Å². The monoisotopic (exact) mass is 228 g/mol. The van der Waals surface area contributed by atoms with Crippen LogP contribution in [0.5, 0.6) is 0 Å². The van der Waals surface area contributed by atoms with Gasteiger partial charge in [0, 0.05) is 4.75 Å². The lowest BCUT2D eigenvalue weighted by molar-refractivity contribution is 0.399. The van der Waals surface area contributed by atoms with Crippen LogP contribution in [0.1, 0.15) is 78.6 Å². The molecule has 1 heteroatoms. The molecule has 0 N–H and O–H groups in total. The third-order valence-electron chi connectivity index (χ3n) is 4.34. The van der Waals surface area contributed by atoms with E-state index in [0.29, 0.717) is 10.2 Å². The lowest BCUT2D eigenvalue weighted by Crippen LogP contribution is -2.14. The van der Waals surface area contributed by atoms with Gasteiger partial charge in [0.25, 0.3) is 0 Å². The van der Waals surface area contributed by atoms with Crippen molar-refractivity contribution in [3.8, 4) is 0 Å². The van der Waals surface area contributed by atoms with E-state index < -0.39 is 0 Å². The highest BCUT2D eigenvalue weighted by molar-refractivity contribution is 7.82. The summed E-state index contributed by atoms with van der Waals surface area (Å²) in [6, 6.07) is 0. The van der Waals surface area contributed by atoms with Gasteiger partial charge in [-0.25, -0.2) is 0 Å². The zero-order chi connectivity index (χ0) is 11.4. The predicted octanol–water partition coefficient (Wildman–Crippen LogP) is 5.23. The van der Waals surface area contributed by atoms with Crippen molar-refractivity contribution in [1.82, 2.24) is 0 Å². The van der Waals surface area contributed by atoms with Crippen molar-refractivity contribution in [2.24, 2.45) is 5.41 Å². The smallest absolute Gasteiger partial charge is 0.0192 e. The number of unbranched alkanes of at least 4 members (excludes halogenated alkanes) is 3. The largest absolute Gasteiger partial charge is 0.172 e. The Kier molecular flexibility index (Phi) is 5.02. The molecular weight excluding hydrogens is 200 g/mol. The number of rotatable bonds is 8. The summed E-state index contributed by atoms with van der Waals surface area (Å²) in [6.45, 7) is 6.93. The van der Waals surface area contributed by atoms with Gasteiger partial charge in [0.15, 0.2) is 0 Å². The molecule has 0 radical (unpaired) electrons. The van der Waals surface area contributed by atoms with E-state index in [1.165, 1.54) is 57.8 Å². The van der Waals surface area contributed by atoms with Crippen LogP contribution in [0.4, 0.5) is 0 Å². The minimum Gasteiger partial charge on any atom is -0.172 e. The number of hydrogen-bond acceptors (Lipinski definition) is 1. The first kappa shape index (κ1) is 13.4. The van der Waals surface area contributed by atoms with Gasteiger partial charge in [-0.05, 0) is 31.1 Å². The normalized spacial score (nSPS) is 34.4. The molecule has 1 aliphatic carbocycles. The molecular formula is C14H28S. The van der Waals surface area contributed by atoms with E-state index in [4.69, 9.17) is 12.6 Å². The second-order valence-corrected chi connectivity index (χ2v) is 6.26. The molecule has 1 rings (SSSR count). The van der Waals surface area contributed by atoms with Gasteiger partial charge in [-0.15, -0.1) is 0 Å². The fraction of sp³-hybridized carbons (Fsp3) is 1.00. The van der Waals surface area contributed by atoms with Crippen molar-refractivity contribution in [3.63, 3.8) is 0 Å². The van der Waals surface area contributed by atoms with Gasteiger partial charge in [0.05, 0.1) is 0 Å². The van der Waals surface area contributed by atoms with E-state index in [1.807, 2.05) is 0 Å². The van der Waals surface area contributed by atoms with E-state index in [-0.39, 0.29) is 0 Å². The quantitative estimate of drug-likeness (QED) is 0.427. The van der Waals surface area contributed by atoms with Crippen molar-refractivity contribution in [2.45, 2.75) is 83.3 Å². The molecule has 0 aromatic heterocycles. The molecule has 2 atom stereocenters. The highest BCUT2D eigenvalue weighted by Gasteiger charge is 2.62. The van der Waals surface area contributed by atoms with E-state index in [2.05, 4.69) is 20.8 Å². The molecule has 0 bridgehead atoms. The molecule has 2 unspecified atom stereocenters. The zero-order valence-electron chi connectivity index (χ0n) is 10.8. The maximum absolute atomic E-state index is 4.96. The highest BCUT2D eigenvalue weighted by Crippen LogP contribution is 2.67. The van der Waals surface area contributed by atoms with Crippen LogP contribution in [0.2, 0.25) is 0 Å². The second-order valence-electron chi connectivity index (χ2n) is 5.40. The van der Waals surface area contributed by atoms with Gasteiger partial charge in [0.2, 0.25) is 0 Å². The highest BCUT2D eigenvalue weighted by atomic mass is 32.1. The molecule has 0 spiro atoms. The summed E-state index contributed by atoms with van der Waals surface area (Å²) >= 11 is 4.96. The van der Waals surface area contributed by atoms with Crippen molar-refractivity contribution >= 4 is 12.6 Å². The Labute approximate surface area is 102 Å². The van der Waals surface area contributed by atoms with Crippen LogP contribution in [0.25, 0.3) is 0 Å². The fourth-order valence-electron chi connectivity index (χ4n) is 3.14.